The second-order valence-corrected chi connectivity index (χ2v) is 5.16. The highest BCUT2D eigenvalue weighted by Gasteiger charge is 2.30. The van der Waals surface area contributed by atoms with E-state index in [1.165, 1.54) is 25.7 Å². The Kier molecular flexibility index (Phi) is 2.71. The van der Waals surface area contributed by atoms with Crippen molar-refractivity contribution in [3.63, 3.8) is 0 Å². The Morgan fingerprint density at radius 2 is 2.06 bits per heavy atom. The van der Waals surface area contributed by atoms with Crippen LogP contribution in [-0.4, -0.2) is 18.5 Å². The van der Waals surface area contributed by atoms with Crippen molar-refractivity contribution in [1.29, 1.82) is 0 Å². The second-order valence-electron chi connectivity index (χ2n) is 4.75. The van der Waals surface area contributed by atoms with E-state index in [1.807, 2.05) is 18.2 Å². The Morgan fingerprint density at radius 3 is 2.82 bits per heavy atom. The summed E-state index contributed by atoms with van der Waals surface area (Å²) in [6.07, 6.45) is 4.88. The van der Waals surface area contributed by atoms with Crippen LogP contribution >= 0.6 is 11.6 Å². The minimum Gasteiger partial charge on any atom is -0.358 e. The Balaban J connectivity index is 2.01. The molecule has 4 heteroatoms. The van der Waals surface area contributed by atoms with Gasteiger partial charge in [-0.2, -0.15) is 0 Å². The van der Waals surface area contributed by atoms with Gasteiger partial charge in [-0.3, -0.25) is 4.79 Å². The molecule has 17 heavy (non-hydrogen) atoms. The monoisotopic (exact) mass is 250 g/mol. The van der Waals surface area contributed by atoms with E-state index in [-0.39, 0.29) is 5.91 Å². The van der Waals surface area contributed by atoms with Crippen LogP contribution in [0.1, 0.15) is 25.7 Å². The largest absolute Gasteiger partial charge is 0.358 e. The first kappa shape index (κ1) is 10.9. The van der Waals surface area contributed by atoms with Crippen molar-refractivity contribution in [1.82, 2.24) is 0 Å². The average molecular weight is 251 g/mol. The number of hydrogen-bond donors (Lipinski definition) is 1. The average Bonchev–Trinajstić information content (AvgIpc) is 2.83. The number of para-hydroxylation sites is 1. The van der Waals surface area contributed by atoms with Gasteiger partial charge in [-0.1, -0.05) is 30.5 Å². The molecule has 90 valence electrons. The van der Waals surface area contributed by atoms with Crippen LogP contribution in [0.3, 0.4) is 0 Å². The quantitative estimate of drug-likeness (QED) is 0.831. The first-order chi connectivity index (χ1) is 8.25. The van der Waals surface area contributed by atoms with Gasteiger partial charge in [0.05, 0.1) is 22.9 Å². The van der Waals surface area contributed by atoms with E-state index >= 15 is 0 Å². The van der Waals surface area contributed by atoms with Gasteiger partial charge in [0.15, 0.2) is 0 Å². The number of anilines is 2. The van der Waals surface area contributed by atoms with Gasteiger partial charge < -0.3 is 10.2 Å². The van der Waals surface area contributed by atoms with E-state index in [0.29, 0.717) is 17.6 Å². The lowest BCUT2D eigenvalue weighted by molar-refractivity contribution is -0.115. The van der Waals surface area contributed by atoms with Crippen LogP contribution < -0.4 is 10.2 Å². The van der Waals surface area contributed by atoms with Gasteiger partial charge >= 0.3 is 0 Å². The highest BCUT2D eigenvalue weighted by Crippen LogP contribution is 2.39. The Labute approximate surface area is 106 Å². The molecule has 1 fully saturated rings. The van der Waals surface area contributed by atoms with E-state index in [9.17, 15) is 4.79 Å². The first-order valence-corrected chi connectivity index (χ1v) is 6.48. The van der Waals surface area contributed by atoms with Crippen molar-refractivity contribution in [2.24, 2.45) is 0 Å². The number of rotatable bonds is 1. The molecular weight excluding hydrogens is 236 g/mol. The third-order valence-corrected chi connectivity index (χ3v) is 3.96. The molecule has 0 saturated heterocycles. The molecule has 0 atom stereocenters. The Hall–Kier alpha value is -1.22. The first-order valence-electron chi connectivity index (χ1n) is 6.11. The second kappa shape index (κ2) is 4.22. The zero-order chi connectivity index (χ0) is 11.8. The molecule has 0 bridgehead atoms. The number of hydrogen-bond acceptors (Lipinski definition) is 2. The molecule has 1 aromatic rings. The summed E-state index contributed by atoms with van der Waals surface area (Å²) in [5.41, 5.74) is 1.85. The van der Waals surface area contributed by atoms with Crippen molar-refractivity contribution in [2.75, 3.05) is 16.8 Å². The van der Waals surface area contributed by atoms with Gasteiger partial charge in [-0.05, 0) is 25.0 Å². The summed E-state index contributed by atoms with van der Waals surface area (Å²) in [5.74, 6) is 0.0394. The van der Waals surface area contributed by atoms with Gasteiger partial charge in [0.2, 0.25) is 5.91 Å². The Bertz CT molecular complexity index is 455. The van der Waals surface area contributed by atoms with Crippen molar-refractivity contribution >= 4 is 28.9 Å². The summed E-state index contributed by atoms with van der Waals surface area (Å²) in [5, 5.41) is 3.49. The topological polar surface area (TPSA) is 32.3 Å². The molecule has 2 aliphatic rings. The smallest absolute Gasteiger partial charge is 0.244 e. The molecule has 3 nitrogen and oxygen atoms in total. The molecule has 1 amide bonds. The summed E-state index contributed by atoms with van der Waals surface area (Å²) < 4.78 is 0. The van der Waals surface area contributed by atoms with Crippen molar-refractivity contribution in [3.05, 3.63) is 23.2 Å². The molecule has 0 unspecified atom stereocenters. The van der Waals surface area contributed by atoms with Crippen molar-refractivity contribution < 1.29 is 4.79 Å². The molecule has 0 radical (unpaired) electrons. The number of halogens is 1. The van der Waals surface area contributed by atoms with Gasteiger partial charge in [0.1, 0.15) is 0 Å². The van der Waals surface area contributed by atoms with E-state index in [1.54, 1.807) is 0 Å². The standard InChI is InChI=1S/C13H15ClN2O/c14-10-6-3-7-11-13(10)15-12(17)8-16(11)9-4-1-2-5-9/h3,6-7,9H,1-2,4-5,8H2,(H,15,17). The van der Waals surface area contributed by atoms with E-state index in [0.717, 1.165) is 11.4 Å². The lowest BCUT2D eigenvalue weighted by Crippen LogP contribution is -2.43. The summed E-state index contributed by atoms with van der Waals surface area (Å²) in [7, 11) is 0. The number of benzene rings is 1. The fourth-order valence-electron chi connectivity index (χ4n) is 2.84. The van der Waals surface area contributed by atoms with Gasteiger partial charge in [-0.25, -0.2) is 0 Å². The molecule has 1 aromatic carbocycles. The van der Waals surface area contributed by atoms with Crippen LogP contribution in [0.15, 0.2) is 18.2 Å². The maximum absolute atomic E-state index is 11.7. The molecule has 0 spiro atoms. The number of carbonyl (C=O) groups is 1. The van der Waals surface area contributed by atoms with Crippen LogP contribution in [0.2, 0.25) is 5.02 Å². The van der Waals surface area contributed by atoms with Crippen LogP contribution in [0.5, 0.6) is 0 Å². The molecule has 3 rings (SSSR count). The Morgan fingerprint density at radius 1 is 1.29 bits per heavy atom. The van der Waals surface area contributed by atoms with E-state index in [2.05, 4.69) is 10.2 Å². The van der Waals surface area contributed by atoms with Crippen molar-refractivity contribution in [3.8, 4) is 0 Å². The fraction of sp³-hybridized carbons (Fsp3) is 0.462. The molecule has 1 aliphatic heterocycles. The third-order valence-electron chi connectivity index (χ3n) is 3.64. The number of nitrogens with one attached hydrogen (secondary N) is 1. The molecule has 1 saturated carbocycles. The van der Waals surface area contributed by atoms with Gasteiger partial charge in [0, 0.05) is 6.04 Å². The zero-order valence-electron chi connectivity index (χ0n) is 9.58. The van der Waals surface area contributed by atoms with Crippen molar-refractivity contribution in [2.45, 2.75) is 31.7 Å². The lowest BCUT2D eigenvalue weighted by atomic mass is 10.1. The maximum Gasteiger partial charge on any atom is 0.244 e. The lowest BCUT2D eigenvalue weighted by Gasteiger charge is -2.35. The minimum absolute atomic E-state index is 0.0394. The van der Waals surface area contributed by atoms with Crippen LogP contribution in [0, 0.1) is 0 Å². The molecule has 0 aromatic heterocycles. The number of fused-ring (bicyclic) bond motifs is 1. The van der Waals surface area contributed by atoms with E-state index in [4.69, 9.17) is 11.6 Å². The van der Waals surface area contributed by atoms with Gasteiger partial charge in [0.25, 0.3) is 0 Å². The summed E-state index contributed by atoms with van der Waals surface area (Å²) >= 11 is 6.14. The molecular formula is C13H15ClN2O. The number of nitrogens with zero attached hydrogens (tertiary/aromatic N) is 1. The summed E-state index contributed by atoms with van der Waals surface area (Å²) in [6, 6.07) is 6.30. The third kappa shape index (κ3) is 1.89. The minimum atomic E-state index is 0.0394. The summed E-state index contributed by atoms with van der Waals surface area (Å²) in [6.45, 7) is 0.456. The maximum atomic E-state index is 11.7. The highest BCUT2D eigenvalue weighted by atomic mass is 35.5. The van der Waals surface area contributed by atoms with Gasteiger partial charge in [-0.15, -0.1) is 0 Å². The molecule has 1 N–H and O–H groups in total. The van der Waals surface area contributed by atoms with Crippen LogP contribution in [0.25, 0.3) is 0 Å². The SMILES string of the molecule is O=C1CN(C2CCCC2)c2cccc(Cl)c2N1. The molecule has 1 heterocycles. The van der Waals surface area contributed by atoms with Crippen LogP contribution in [0.4, 0.5) is 11.4 Å². The predicted molar refractivity (Wildman–Crippen MR) is 69.7 cm³/mol. The number of amides is 1. The van der Waals surface area contributed by atoms with E-state index < -0.39 is 0 Å². The fourth-order valence-corrected chi connectivity index (χ4v) is 3.05. The normalized spacial score (nSPS) is 20.3. The van der Waals surface area contributed by atoms with Crippen LogP contribution in [-0.2, 0) is 4.79 Å². The zero-order valence-corrected chi connectivity index (χ0v) is 10.3. The number of carbonyl (C=O) groups excluding carboxylic acids is 1. The predicted octanol–water partition coefficient (Wildman–Crippen LogP) is 3.04. The summed E-state index contributed by atoms with van der Waals surface area (Å²) in [4.78, 5) is 13.9. The molecule has 1 aliphatic carbocycles. The highest BCUT2D eigenvalue weighted by molar-refractivity contribution is 6.34.